The molecule has 0 amide bonds. The van der Waals surface area contributed by atoms with Crippen LogP contribution in [0.1, 0.15) is 52.3 Å². The average molecular weight is 626 g/mol. The first kappa shape index (κ1) is 30.8. The van der Waals surface area contributed by atoms with Gasteiger partial charge in [0.05, 0.1) is 18.8 Å². The molecule has 0 spiro atoms. The van der Waals surface area contributed by atoms with E-state index in [4.69, 9.17) is 15.5 Å². The fourth-order valence-corrected chi connectivity index (χ4v) is 7.15. The normalized spacial score (nSPS) is 15.4. The highest BCUT2D eigenvalue weighted by Gasteiger charge is 2.25. The van der Waals surface area contributed by atoms with Gasteiger partial charge >= 0.3 is 5.97 Å². The molecule has 6 rings (SSSR count). The smallest absolute Gasteiger partial charge is 0.355 e. The number of nitrogens with two attached hydrogens (primary N) is 1. The van der Waals surface area contributed by atoms with Crippen molar-refractivity contribution in [1.29, 1.82) is 0 Å². The maximum Gasteiger partial charge on any atom is 0.355 e. The van der Waals surface area contributed by atoms with Gasteiger partial charge in [-0.15, -0.1) is 0 Å². The number of rotatable bonds is 10. The van der Waals surface area contributed by atoms with Gasteiger partial charge in [0.25, 0.3) is 0 Å². The lowest BCUT2D eigenvalue weighted by Gasteiger charge is -2.28. The van der Waals surface area contributed by atoms with Crippen LogP contribution in [0.2, 0.25) is 0 Å². The number of hydrogen-bond acceptors (Lipinski definition) is 7. The monoisotopic (exact) mass is 625 g/mol. The SMILES string of the molecule is CC(c1ccccc1)S(=O)(=O)Nc1cc(Cn2c(C(=O)OCC3CCN(C)CC3)cc3ccc(CN)nc32)c2ccccc2c1. The molecule has 9 nitrogen and oxygen atoms in total. The van der Waals surface area contributed by atoms with Crippen molar-refractivity contribution in [2.45, 2.75) is 38.1 Å². The standard InChI is InChI=1S/C35H39N5O4S/c1-24(26-8-4-3-5-9-26)45(42,43)38-31-18-27-10-6-7-11-32(27)29(19-31)22-40-33(20-28-12-13-30(21-36)37-34(28)40)35(41)44-23-25-14-16-39(2)17-15-25/h3-13,18-20,24-25,38H,14-17,21-23,36H2,1-2H3. The van der Waals surface area contributed by atoms with E-state index in [-0.39, 0.29) is 13.1 Å². The van der Waals surface area contributed by atoms with Crippen LogP contribution in [0.4, 0.5) is 5.69 Å². The molecule has 0 aliphatic carbocycles. The number of fused-ring (bicyclic) bond motifs is 2. The molecule has 1 fully saturated rings. The van der Waals surface area contributed by atoms with Crippen molar-refractivity contribution < 1.29 is 17.9 Å². The van der Waals surface area contributed by atoms with Gasteiger partial charge in [0.1, 0.15) is 16.6 Å². The number of piperidine rings is 1. The number of pyridine rings is 1. The first-order valence-corrected chi connectivity index (χ1v) is 16.9. The number of nitrogens with zero attached hydrogens (tertiary/aromatic N) is 3. The second-order valence-corrected chi connectivity index (χ2v) is 13.9. The number of anilines is 1. The molecular formula is C35H39N5O4S. The summed E-state index contributed by atoms with van der Waals surface area (Å²) in [6, 6.07) is 26.2. The number of hydrogen-bond donors (Lipinski definition) is 2. The van der Waals surface area contributed by atoms with Crippen LogP contribution in [0.3, 0.4) is 0 Å². The van der Waals surface area contributed by atoms with Crippen LogP contribution in [-0.4, -0.2) is 55.6 Å². The van der Waals surface area contributed by atoms with E-state index in [1.165, 1.54) is 0 Å². The Balaban J connectivity index is 1.36. The van der Waals surface area contributed by atoms with Crippen molar-refractivity contribution >= 4 is 43.5 Å². The molecule has 0 saturated carbocycles. The van der Waals surface area contributed by atoms with Crippen molar-refractivity contribution in [3.8, 4) is 0 Å². The fourth-order valence-electron chi connectivity index (χ4n) is 6.01. The van der Waals surface area contributed by atoms with Crippen molar-refractivity contribution in [2.24, 2.45) is 11.7 Å². The Morgan fingerprint density at radius 3 is 2.49 bits per heavy atom. The maximum atomic E-state index is 13.6. The van der Waals surface area contributed by atoms with Crippen LogP contribution >= 0.6 is 0 Å². The molecular weight excluding hydrogens is 586 g/mol. The summed E-state index contributed by atoms with van der Waals surface area (Å²) in [6.07, 6.45) is 1.98. The molecule has 0 bridgehead atoms. The number of likely N-dealkylation sites (tertiary alicyclic amines) is 1. The average Bonchev–Trinajstić information content (AvgIpc) is 3.41. The van der Waals surface area contributed by atoms with E-state index in [0.29, 0.717) is 40.8 Å². The third-order valence-electron chi connectivity index (χ3n) is 8.78. The van der Waals surface area contributed by atoms with Gasteiger partial charge < -0.3 is 19.9 Å². The minimum absolute atomic E-state index is 0.261. The fraction of sp³-hybridized carbons (Fsp3) is 0.314. The molecule has 1 aliphatic heterocycles. The molecule has 1 unspecified atom stereocenters. The predicted molar refractivity (Wildman–Crippen MR) is 179 cm³/mol. The maximum absolute atomic E-state index is 13.6. The summed E-state index contributed by atoms with van der Waals surface area (Å²) in [6.45, 7) is 4.56. The lowest BCUT2D eigenvalue weighted by molar-refractivity contribution is 0.0373. The summed E-state index contributed by atoms with van der Waals surface area (Å²) in [5.41, 5.74) is 9.64. The zero-order valence-corrected chi connectivity index (χ0v) is 26.5. The topological polar surface area (TPSA) is 120 Å². The van der Waals surface area contributed by atoms with Crippen molar-refractivity contribution in [3.63, 3.8) is 0 Å². The lowest BCUT2D eigenvalue weighted by Crippen LogP contribution is -2.32. The Labute approximate surface area is 264 Å². The predicted octanol–water partition coefficient (Wildman–Crippen LogP) is 5.70. The Kier molecular flexibility index (Phi) is 8.89. The van der Waals surface area contributed by atoms with Crippen LogP contribution in [0, 0.1) is 5.92 Å². The molecule has 0 radical (unpaired) electrons. The van der Waals surface area contributed by atoms with Crippen LogP contribution in [0.15, 0.2) is 84.9 Å². The summed E-state index contributed by atoms with van der Waals surface area (Å²) >= 11 is 0. The van der Waals surface area contributed by atoms with E-state index in [2.05, 4.69) is 16.7 Å². The van der Waals surface area contributed by atoms with Crippen LogP contribution in [0.5, 0.6) is 0 Å². The molecule has 45 heavy (non-hydrogen) atoms. The summed E-state index contributed by atoms with van der Waals surface area (Å²) in [7, 11) is -1.65. The molecule has 2 aromatic heterocycles. The zero-order chi connectivity index (χ0) is 31.6. The van der Waals surface area contributed by atoms with E-state index in [9.17, 15) is 13.2 Å². The number of ether oxygens (including phenoxy) is 1. The minimum Gasteiger partial charge on any atom is -0.461 e. The number of carbonyl (C=O) groups excluding carboxylic acids is 1. The summed E-state index contributed by atoms with van der Waals surface area (Å²) in [4.78, 5) is 20.7. The van der Waals surface area contributed by atoms with Gasteiger partial charge in [-0.2, -0.15) is 0 Å². The third kappa shape index (κ3) is 6.73. The number of carbonyl (C=O) groups is 1. The van der Waals surface area contributed by atoms with Gasteiger partial charge in [-0.1, -0.05) is 54.6 Å². The molecule has 3 N–H and O–H groups in total. The quantitative estimate of drug-likeness (QED) is 0.191. The van der Waals surface area contributed by atoms with E-state index >= 15 is 0 Å². The number of esters is 1. The summed E-state index contributed by atoms with van der Waals surface area (Å²) < 4.78 is 37.5. The first-order chi connectivity index (χ1) is 21.7. The lowest BCUT2D eigenvalue weighted by atomic mass is 9.98. The molecule has 3 heterocycles. The van der Waals surface area contributed by atoms with Gasteiger partial charge in [0, 0.05) is 17.6 Å². The van der Waals surface area contributed by atoms with Crippen LogP contribution in [0.25, 0.3) is 21.8 Å². The number of nitrogens with one attached hydrogen (secondary N) is 1. The molecule has 1 saturated heterocycles. The summed E-state index contributed by atoms with van der Waals surface area (Å²) in [5, 5.41) is 1.86. The highest BCUT2D eigenvalue weighted by atomic mass is 32.2. The van der Waals surface area contributed by atoms with E-state index in [1.807, 2.05) is 89.5 Å². The molecule has 1 atom stereocenters. The van der Waals surface area contributed by atoms with Gasteiger partial charge in [0.2, 0.25) is 10.0 Å². The van der Waals surface area contributed by atoms with Crippen LogP contribution < -0.4 is 10.5 Å². The van der Waals surface area contributed by atoms with E-state index < -0.39 is 21.2 Å². The van der Waals surface area contributed by atoms with Crippen molar-refractivity contribution in [1.82, 2.24) is 14.5 Å². The van der Waals surface area contributed by atoms with Gasteiger partial charge in [-0.3, -0.25) is 4.72 Å². The Morgan fingerprint density at radius 2 is 1.73 bits per heavy atom. The molecule has 1 aliphatic rings. The van der Waals surface area contributed by atoms with E-state index in [1.54, 1.807) is 6.92 Å². The van der Waals surface area contributed by atoms with Crippen LogP contribution in [-0.2, 0) is 27.8 Å². The largest absolute Gasteiger partial charge is 0.461 e. The molecule has 234 valence electrons. The Morgan fingerprint density at radius 1 is 1.00 bits per heavy atom. The van der Waals surface area contributed by atoms with Crippen molar-refractivity contribution in [2.75, 3.05) is 31.5 Å². The van der Waals surface area contributed by atoms with Gasteiger partial charge in [-0.05, 0) is 98.1 Å². The Hall–Kier alpha value is -4.25. The second-order valence-electron chi connectivity index (χ2n) is 11.9. The Bertz CT molecular complexity index is 1930. The minimum atomic E-state index is -3.76. The number of sulfonamides is 1. The molecule has 5 aromatic rings. The third-order valence-corrected chi connectivity index (χ3v) is 10.5. The number of benzene rings is 3. The van der Waals surface area contributed by atoms with Gasteiger partial charge in [-0.25, -0.2) is 18.2 Å². The summed E-state index contributed by atoms with van der Waals surface area (Å²) in [5.74, 6) is -0.0732. The highest BCUT2D eigenvalue weighted by molar-refractivity contribution is 7.92. The molecule has 10 heteroatoms. The zero-order valence-electron chi connectivity index (χ0n) is 25.6. The highest BCUT2D eigenvalue weighted by Crippen LogP contribution is 2.31. The molecule has 3 aromatic carbocycles. The van der Waals surface area contributed by atoms with E-state index in [0.717, 1.165) is 47.7 Å². The second kappa shape index (κ2) is 13.0. The number of aromatic nitrogens is 2. The van der Waals surface area contributed by atoms with Crippen molar-refractivity contribution in [3.05, 3.63) is 107 Å². The van der Waals surface area contributed by atoms with Gasteiger partial charge in [0.15, 0.2) is 0 Å². The first-order valence-electron chi connectivity index (χ1n) is 15.3.